The van der Waals surface area contributed by atoms with Crippen LogP contribution in [0.25, 0.3) is 0 Å². The summed E-state index contributed by atoms with van der Waals surface area (Å²) >= 11 is 2.33. The number of allylic oxidation sites excluding steroid dienone is 1. The first-order chi connectivity index (χ1) is 6.27. The molecule has 0 heterocycles. The smallest absolute Gasteiger partial charge is 0.0166 e. The third-order valence-electron chi connectivity index (χ3n) is 2.30. The van der Waals surface area contributed by atoms with E-state index in [4.69, 9.17) is 0 Å². The van der Waals surface area contributed by atoms with E-state index >= 15 is 0 Å². The lowest BCUT2D eigenvalue weighted by Gasteiger charge is -2.00. The molecule has 0 aromatic heterocycles. The summed E-state index contributed by atoms with van der Waals surface area (Å²) < 4.78 is 1.31. The first-order valence-electron chi connectivity index (χ1n) is 5.60. The van der Waals surface area contributed by atoms with Gasteiger partial charge in [0.1, 0.15) is 0 Å². The van der Waals surface area contributed by atoms with Gasteiger partial charge < -0.3 is 0 Å². The summed E-state index contributed by atoms with van der Waals surface area (Å²) in [5.41, 5.74) is 0. The zero-order valence-electron chi connectivity index (χ0n) is 8.95. The molecule has 0 aliphatic carbocycles. The Morgan fingerprint density at radius 2 is 1.38 bits per heavy atom. The van der Waals surface area contributed by atoms with Crippen LogP contribution in [0.5, 0.6) is 0 Å². The molecule has 0 unspecified atom stereocenters. The number of rotatable bonds is 9. The van der Waals surface area contributed by atoms with Crippen molar-refractivity contribution in [2.45, 2.75) is 64.7 Å². The van der Waals surface area contributed by atoms with Gasteiger partial charge in [-0.3, -0.25) is 0 Å². The molecule has 0 atom stereocenters. The van der Waals surface area contributed by atoms with E-state index in [-0.39, 0.29) is 0 Å². The van der Waals surface area contributed by atoms with Crippen LogP contribution < -0.4 is 0 Å². The summed E-state index contributed by atoms with van der Waals surface area (Å²) in [6.07, 6.45) is 12.5. The predicted molar refractivity (Wildman–Crippen MR) is 70.4 cm³/mol. The van der Waals surface area contributed by atoms with E-state index in [0.29, 0.717) is 0 Å². The minimum Gasteiger partial charge on any atom is -0.0897 e. The molecule has 0 fully saturated rings. The van der Waals surface area contributed by atoms with Gasteiger partial charge in [-0.15, -0.1) is 0 Å². The highest BCUT2D eigenvalue weighted by atomic mass is 127. The van der Waals surface area contributed by atoms with Crippen LogP contribution in [0.4, 0.5) is 0 Å². The van der Waals surface area contributed by atoms with Crippen LogP contribution in [-0.2, 0) is 0 Å². The van der Waals surface area contributed by atoms with E-state index in [1.807, 2.05) is 0 Å². The van der Waals surface area contributed by atoms with Gasteiger partial charge in [-0.2, -0.15) is 0 Å². The van der Waals surface area contributed by atoms with Crippen LogP contribution in [0.15, 0.2) is 10.2 Å². The zero-order chi connectivity index (χ0) is 9.94. The number of hydrogen-bond acceptors (Lipinski definition) is 0. The Bertz CT molecular complexity index is 118. The lowest BCUT2D eigenvalue weighted by atomic mass is 10.1. The van der Waals surface area contributed by atoms with E-state index in [0.717, 1.165) is 0 Å². The zero-order valence-corrected chi connectivity index (χ0v) is 11.1. The quantitative estimate of drug-likeness (QED) is 0.391. The minimum atomic E-state index is 1.22. The highest BCUT2D eigenvalue weighted by molar-refractivity contribution is 14.1. The first kappa shape index (κ1) is 13.5. The SMILES string of the molecule is C=C(I)CCCCCCCCCC. The van der Waals surface area contributed by atoms with Gasteiger partial charge in [0.05, 0.1) is 0 Å². The first-order valence-corrected chi connectivity index (χ1v) is 6.68. The van der Waals surface area contributed by atoms with Crippen molar-refractivity contribution >= 4 is 22.6 Å². The fraction of sp³-hybridized carbons (Fsp3) is 0.833. The lowest BCUT2D eigenvalue weighted by Crippen LogP contribution is -1.80. The van der Waals surface area contributed by atoms with E-state index in [1.54, 1.807) is 0 Å². The molecule has 0 aliphatic rings. The average molecular weight is 294 g/mol. The van der Waals surface area contributed by atoms with Crippen LogP contribution in [0.1, 0.15) is 64.7 Å². The van der Waals surface area contributed by atoms with Gasteiger partial charge in [0.25, 0.3) is 0 Å². The summed E-state index contributed by atoms with van der Waals surface area (Å²) in [5, 5.41) is 0. The number of hydrogen-bond donors (Lipinski definition) is 0. The molecule has 0 bridgehead atoms. The topological polar surface area (TPSA) is 0 Å². The molecular weight excluding hydrogens is 271 g/mol. The molecular formula is C12H23I. The van der Waals surface area contributed by atoms with Crippen LogP contribution in [0.2, 0.25) is 0 Å². The van der Waals surface area contributed by atoms with Gasteiger partial charge in [-0.25, -0.2) is 0 Å². The average Bonchev–Trinajstić information content (AvgIpc) is 2.09. The van der Waals surface area contributed by atoms with Crippen molar-refractivity contribution in [1.82, 2.24) is 0 Å². The normalized spacial score (nSPS) is 10.3. The lowest BCUT2D eigenvalue weighted by molar-refractivity contribution is 0.577. The van der Waals surface area contributed by atoms with E-state index in [1.165, 1.54) is 61.4 Å². The van der Waals surface area contributed by atoms with Crippen LogP contribution in [0.3, 0.4) is 0 Å². The second-order valence-electron chi connectivity index (χ2n) is 3.74. The summed E-state index contributed by atoms with van der Waals surface area (Å²) in [4.78, 5) is 0. The molecule has 0 aromatic rings. The summed E-state index contributed by atoms with van der Waals surface area (Å²) in [7, 11) is 0. The van der Waals surface area contributed by atoms with Crippen molar-refractivity contribution in [3.63, 3.8) is 0 Å². The molecule has 0 nitrogen and oxygen atoms in total. The van der Waals surface area contributed by atoms with Crippen LogP contribution in [-0.4, -0.2) is 0 Å². The summed E-state index contributed by atoms with van der Waals surface area (Å²) in [6.45, 7) is 6.17. The van der Waals surface area contributed by atoms with Crippen molar-refractivity contribution in [3.8, 4) is 0 Å². The third-order valence-corrected chi connectivity index (χ3v) is 2.84. The Kier molecular flexibility index (Phi) is 10.9. The maximum atomic E-state index is 3.90. The molecule has 13 heavy (non-hydrogen) atoms. The van der Waals surface area contributed by atoms with Crippen molar-refractivity contribution in [1.29, 1.82) is 0 Å². The minimum absolute atomic E-state index is 1.22. The monoisotopic (exact) mass is 294 g/mol. The molecule has 0 aromatic carbocycles. The second-order valence-corrected chi connectivity index (χ2v) is 5.27. The van der Waals surface area contributed by atoms with E-state index in [9.17, 15) is 0 Å². The Morgan fingerprint density at radius 1 is 0.923 bits per heavy atom. The Hall–Kier alpha value is 0.470. The summed E-state index contributed by atoms with van der Waals surface area (Å²) in [5.74, 6) is 0. The van der Waals surface area contributed by atoms with Gasteiger partial charge in [0.2, 0.25) is 0 Å². The van der Waals surface area contributed by atoms with Gasteiger partial charge in [0, 0.05) is 0 Å². The highest BCUT2D eigenvalue weighted by Gasteiger charge is 1.92. The molecule has 0 aliphatic heterocycles. The number of halogens is 1. The predicted octanol–water partition coefficient (Wildman–Crippen LogP) is 5.47. The molecule has 0 saturated heterocycles. The third kappa shape index (κ3) is 12.5. The van der Waals surface area contributed by atoms with Crippen molar-refractivity contribution < 1.29 is 0 Å². The Balaban J connectivity index is 2.87. The van der Waals surface area contributed by atoms with Crippen molar-refractivity contribution in [3.05, 3.63) is 10.2 Å². The Labute approximate surface area is 97.3 Å². The Morgan fingerprint density at radius 3 is 1.85 bits per heavy atom. The second kappa shape index (κ2) is 10.6. The fourth-order valence-corrected chi connectivity index (χ4v) is 1.83. The number of unbranched alkanes of at least 4 members (excludes halogenated alkanes) is 7. The molecule has 0 saturated carbocycles. The molecule has 78 valence electrons. The largest absolute Gasteiger partial charge is 0.0897 e. The molecule has 0 N–H and O–H groups in total. The van der Waals surface area contributed by atoms with Gasteiger partial charge >= 0.3 is 0 Å². The van der Waals surface area contributed by atoms with Gasteiger partial charge in [-0.05, 0) is 39.0 Å². The molecule has 0 amide bonds. The molecule has 0 rings (SSSR count). The van der Waals surface area contributed by atoms with E-state index in [2.05, 4.69) is 36.1 Å². The molecule has 0 spiro atoms. The fourth-order valence-electron chi connectivity index (χ4n) is 1.45. The standard InChI is InChI=1S/C12H23I/c1-3-4-5-6-7-8-9-10-11-12(2)13/h2-11H2,1H3. The van der Waals surface area contributed by atoms with Crippen LogP contribution >= 0.6 is 22.6 Å². The van der Waals surface area contributed by atoms with Crippen molar-refractivity contribution in [2.24, 2.45) is 0 Å². The van der Waals surface area contributed by atoms with Gasteiger partial charge in [-0.1, -0.05) is 58.4 Å². The molecule has 1 heteroatoms. The molecule has 0 radical (unpaired) electrons. The maximum absolute atomic E-state index is 3.90. The van der Waals surface area contributed by atoms with Gasteiger partial charge in [0.15, 0.2) is 0 Å². The highest BCUT2D eigenvalue weighted by Crippen LogP contribution is 2.15. The maximum Gasteiger partial charge on any atom is -0.0166 e. The van der Waals surface area contributed by atoms with Crippen molar-refractivity contribution in [2.75, 3.05) is 0 Å². The van der Waals surface area contributed by atoms with Crippen LogP contribution in [0, 0.1) is 0 Å². The summed E-state index contributed by atoms with van der Waals surface area (Å²) in [6, 6.07) is 0. The van der Waals surface area contributed by atoms with E-state index < -0.39 is 0 Å².